The molecule has 0 fully saturated rings. The van der Waals surface area contributed by atoms with E-state index < -0.39 is 0 Å². The molecule has 0 heterocycles. The van der Waals surface area contributed by atoms with Gasteiger partial charge >= 0.3 is 0 Å². The molecule has 1 rings (SSSR count). The van der Waals surface area contributed by atoms with Gasteiger partial charge in [0, 0.05) is 0 Å². The van der Waals surface area contributed by atoms with E-state index >= 15 is 0 Å². The molecule has 0 aliphatic carbocycles. The summed E-state index contributed by atoms with van der Waals surface area (Å²) in [5.74, 6) is 0.654. The van der Waals surface area contributed by atoms with Crippen molar-refractivity contribution in [2.75, 3.05) is 0 Å². The maximum Gasteiger partial charge on any atom is 0.154 e. The van der Waals surface area contributed by atoms with Crippen molar-refractivity contribution in [3.8, 4) is 0 Å². The Kier molecular flexibility index (Phi) is 2.75. The second-order valence-electron chi connectivity index (χ2n) is 3.25. The molecule has 0 nitrogen and oxygen atoms in total. The van der Waals surface area contributed by atoms with E-state index in [1.807, 2.05) is 0 Å². The first-order chi connectivity index (χ1) is 5.24. The van der Waals surface area contributed by atoms with E-state index in [-0.39, 0.29) is 0 Å². The molecule has 0 saturated carbocycles. The lowest BCUT2D eigenvalue weighted by molar-refractivity contribution is 0.867. The van der Waals surface area contributed by atoms with E-state index in [1.54, 1.807) is 0 Å². The van der Waals surface area contributed by atoms with Crippen LogP contribution in [0.3, 0.4) is 0 Å². The maximum absolute atomic E-state index is 2.23. The number of hydrogen-bond donors (Lipinski definition) is 0. The molecule has 1 heteroatoms. The van der Waals surface area contributed by atoms with Crippen LogP contribution in [0.1, 0.15) is 25.3 Å². The normalized spacial score (nSPS) is 10.2. The summed E-state index contributed by atoms with van der Waals surface area (Å²) in [7, 11) is 1.14. The Morgan fingerprint density at radius 1 is 1.09 bits per heavy atom. The zero-order chi connectivity index (χ0) is 8.27. The van der Waals surface area contributed by atoms with Gasteiger partial charge in [-0.1, -0.05) is 50.4 Å². The van der Waals surface area contributed by atoms with E-state index in [4.69, 9.17) is 0 Å². The van der Waals surface area contributed by atoms with Crippen LogP contribution in [0.15, 0.2) is 24.3 Å². The zero-order valence-electron chi connectivity index (χ0n) is 7.59. The fourth-order valence-corrected chi connectivity index (χ4v) is 1.14. The summed E-state index contributed by atoms with van der Waals surface area (Å²) in [6.45, 7) is 6.63. The Balaban J connectivity index is 2.83. The van der Waals surface area contributed by atoms with Crippen LogP contribution >= 0.6 is 0 Å². The van der Waals surface area contributed by atoms with Crippen LogP contribution in [0.4, 0.5) is 0 Å². The summed E-state index contributed by atoms with van der Waals surface area (Å²) in [4.78, 5) is 0. The first-order valence-electron chi connectivity index (χ1n) is 4.33. The Labute approximate surface area is 69.9 Å². The number of benzene rings is 1. The van der Waals surface area contributed by atoms with Crippen LogP contribution in [0.5, 0.6) is 0 Å². The molecule has 0 amide bonds. The molecule has 0 saturated heterocycles. The van der Waals surface area contributed by atoms with Gasteiger partial charge in [0.15, 0.2) is 7.28 Å². The molecule has 0 bridgehead atoms. The van der Waals surface area contributed by atoms with Gasteiger partial charge in [-0.15, -0.1) is 0 Å². The first-order valence-corrected chi connectivity index (χ1v) is 4.33. The molecule has 0 atom stereocenters. The van der Waals surface area contributed by atoms with Crippen molar-refractivity contribution < 1.29 is 0 Å². The first kappa shape index (κ1) is 8.38. The molecule has 0 unspecified atom stereocenters. The zero-order valence-corrected chi connectivity index (χ0v) is 7.59. The summed E-state index contributed by atoms with van der Waals surface area (Å²) >= 11 is 0. The van der Waals surface area contributed by atoms with Crippen LogP contribution < -0.4 is 5.46 Å². The summed E-state index contributed by atoms with van der Waals surface area (Å²) in [5, 5.41) is 0. The van der Waals surface area contributed by atoms with Crippen molar-refractivity contribution in [2.24, 2.45) is 0 Å². The molecule has 1 aromatic rings. The van der Waals surface area contributed by atoms with E-state index in [0.717, 1.165) is 7.28 Å². The van der Waals surface area contributed by atoms with Gasteiger partial charge in [-0.2, -0.15) is 0 Å². The molecular weight excluding hydrogens is 131 g/mol. The number of rotatable bonds is 2. The molecule has 58 valence electrons. The van der Waals surface area contributed by atoms with Crippen LogP contribution in [0.25, 0.3) is 0 Å². The average molecular weight is 146 g/mol. The monoisotopic (exact) mass is 146 g/mol. The van der Waals surface area contributed by atoms with Gasteiger partial charge in [0.1, 0.15) is 0 Å². The molecule has 0 radical (unpaired) electrons. The summed E-state index contributed by atoms with van der Waals surface area (Å²) in [5.41, 5.74) is 2.86. The molecule has 0 spiro atoms. The molecular formula is C10H15B. The fourth-order valence-electron chi connectivity index (χ4n) is 1.14. The largest absolute Gasteiger partial charge is 0.154 e. The topological polar surface area (TPSA) is 0 Å². The molecule has 0 aliphatic heterocycles. The van der Waals surface area contributed by atoms with E-state index in [2.05, 4.69) is 44.9 Å². The lowest BCUT2D eigenvalue weighted by Gasteiger charge is -2.04. The quantitative estimate of drug-likeness (QED) is 0.559. The van der Waals surface area contributed by atoms with E-state index in [9.17, 15) is 0 Å². The standard InChI is InChI=1S/C10H15B/c1-8(2)9-4-6-10(11-3)7-5-9/h4-8,11H,1-3H3. The lowest BCUT2D eigenvalue weighted by atomic mass is 9.73. The van der Waals surface area contributed by atoms with Gasteiger partial charge in [0.05, 0.1) is 0 Å². The highest BCUT2D eigenvalue weighted by molar-refractivity contribution is 6.51. The summed E-state index contributed by atoms with van der Waals surface area (Å²) < 4.78 is 0. The van der Waals surface area contributed by atoms with Crippen LogP contribution in [-0.4, -0.2) is 7.28 Å². The lowest BCUT2D eigenvalue weighted by Crippen LogP contribution is -2.09. The van der Waals surface area contributed by atoms with E-state index in [1.165, 1.54) is 11.0 Å². The second-order valence-corrected chi connectivity index (χ2v) is 3.25. The minimum Gasteiger partial charge on any atom is -0.0849 e. The van der Waals surface area contributed by atoms with Crippen LogP contribution in [-0.2, 0) is 0 Å². The highest BCUT2D eigenvalue weighted by atomic mass is 14.0. The number of hydrogen-bond acceptors (Lipinski definition) is 0. The third-order valence-corrected chi connectivity index (χ3v) is 2.05. The van der Waals surface area contributed by atoms with Gasteiger partial charge in [0.2, 0.25) is 0 Å². The summed E-state index contributed by atoms with van der Waals surface area (Å²) in [6.07, 6.45) is 0. The van der Waals surface area contributed by atoms with Gasteiger partial charge in [0.25, 0.3) is 0 Å². The minimum absolute atomic E-state index is 0.654. The average Bonchev–Trinajstić information content (AvgIpc) is 2.05. The van der Waals surface area contributed by atoms with Gasteiger partial charge in [-0.05, 0) is 11.5 Å². The van der Waals surface area contributed by atoms with Gasteiger partial charge in [-0.25, -0.2) is 0 Å². The van der Waals surface area contributed by atoms with Gasteiger partial charge in [-0.3, -0.25) is 0 Å². The van der Waals surface area contributed by atoms with Crippen LogP contribution in [0, 0.1) is 0 Å². The molecule has 11 heavy (non-hydrogen) atoms. The SMILES string of the molecule is CBc1ccc(C(C)C)cc1. The highest BCUT2D eigenvalue weighted by Gasteiger charge is 1.97. The molecule has 0 aromatic heterocycles. The molecule has 1 aromatic carbocycles. The van der Waals surface area contributed by atoms with Crippen molar-refractivity contribution >= 4 is 12.7 Å². The minimum atomic E-state index is 0.654. The maximum atomic E-state index is 2.23. The Hall–Kier alpha value is -0.715. The van der Waals surface area contributed by atoms with Crippen molar-refractivity contribution in [1.29, 1.82) is 0 Å². The smallest absolute Gasteiger partial charge is 0.0849 e. The van der Waals surface area contributed by atoms with Crippen molar-refractivity contribution in [2.45, 2.75) is 26.6 Å². The Morgan fingerprint density at radius 2 is 1.64 bits per heavy atom. The van der Waals surface area contributed by atoms with Crippen LogP contribution in [0.2, 0.25) is 6.82 Å². The van der Waals surface area contributed by atoms with Crippen molar-refractivity contribution in [3.63, 3.8) is 0 Å². The second kappa shape index (κ2) is 3.61. The predicted molar refractivity (Wildman–Crippen MR) is 53.2 cm³/mol. The molecule has 0 aliphatic rings. The summed E-state index contributed by atoms with van der Waals surface area (Å²) in [6, 6.07) is 8.89. The van der Waals surface area contributed by atoms with E-state index in [0.29, 0.717) is 5.92 Å². The third kappa shape index (κ3) is 2.11. The Bertz CT molecular complexity index is 211. The highest BCUT2D eigenvalue weighted by Crippen LogP contribution is 2.11. The third-order valence-electron chi connectivity index (χ3n) is 2.05. The van der Waals surface area contributed by atoms with Crippen molar-refractivity contribution in [3.05, 3.63) is 29.8 Å². The Morgan fingerprint density at radius 3 is 2.00 bits per heavy atom. The van der Waals surface area contributed by atoms with Gasteiger partial charge < -0.3 is 0 Å². The van der Waals surface area contributed by atoms with Crippen molar-refractivity contribution in [1.82, 2.24) is 0 Å². The predicted octanol–water partition coefficient (Wildman–Crippen LogP) is 1.92. The molecule has 0 N–H and O–H groups in total. The fraction of sp³-hybridized carbons (Fsp3) is 0.400.